The lowest BCUT2D eigenvalue weighted by molar-refractivity contribution is -0.122. The lowest BCUT2D eigenvalue weighted by Gasteiger charge is -2.32. The monoisotopic (exact) mass is 393 g/mol. The molecule has 2 N–H and O–H groups in total. The summed E-state index contributed by atoms with van der Waals surface area (Å²) in [5.41, 5.74) is 3.05. The molecule has 5 heteroatoms. The van der Waals surface area contributed by atoms with Crippen LogP contribution in [0.15, 0.2) is 54.6 Å². The number of aryl methyl sites for hydroxylation is 1. The number of nitrogens with zero attached hydrogens (tertiary/aromatic N) is 1. The van der Waals surface area contributed by atoms with Crippen LogP contribution in [0.3, 0.4) is 0 Å². The van der Waals surface area contributed by atoms with E-state index in [0.717, 1.165) is 42.6 Å². The quantitative estimate of drug-likeness (QED) is 0.733. The summed E-state index contributed by atoms with van der Waals surface area (Å²) in [7, 11) is 0. The number of hydrogen-bond acceptors (Lipinski definition) is 2. The van der Waals surface area contributed by atoms with Crippen LogP contribution >= 0.6 is 0 Å². The molecule has 0 spiro atoms. The van der Waals surface area contributed by atoms with E-state index in [2.05, 4.69) is 10.6 Å². The summed E-state index contributed by atoms with van der Waals surface area (Å²) in [5.74, 6) is 0.437. The molecule has 0 unspecified atom stereocenters. The Labute approximate surface area is 173 Å². The second kappa shape index (κ2) is 10.1. The van der Waals surface area contributed by atoms with Crippen LogP contribution in [0.1, 0.15) is 49.8 Å². The van der Waals surface area contributed by atoms with Crippen molar-refractivity contribution in [3.05, 3.63) is 65.7 Å². The fraction of sp³-hybridized carbons (Fsp3) is 0.417. The van der Waals surface area contributed by atoms with E-state index in [0.29, 0.717) is 18.9 Å². The van der Waals surface area contributed by atoms with Gasteiger partial charge >= 0.3 is 6.03 Å². The van der Waals surface area contributed by atoms with E-state index in [4.69, 9.17) is 0 Å². The average molecular weight is 394 g/mol. The van der Waals surface area contributed by atoms with Crippen LogP contribution in [-0.4, -0.2) is 29.9 Å². The van der Waals surface area contributed by atoms with Crippen molar-refractivity contribution in [3.63, 3.8) is 0 Å². The maximum absolute atomic E-state index is 12.6. The number of likely N-dealkylation sites (tertiary alicyclic amines) is 1. The summed E-state index contributed by atoms with van der Waals surface area (Å²) in [5, 5.41) is 6.07. The maximum atomic E-state index is 12.6. The van der Waals surface area contributed by atoms with Gasteiger partial charge in [0.05, 0.1) is 6.04 Å². The Hall–Kier alpha value is -2.82. The van der Waals surface area contributed by atoms with Crippen molar-refractivity contribution in [2.75, 3.05) is 18.4 Å². The van der Waals surface area contributed by atoms with Gasteiger partial charge < -0.3 is 15.5 Å². The van der Waals surface area contributed by atoms with E-state index < -0.39 is 0 Å². The molecule has 2 atom stereocenters. The van der Waals surface area contributed by atoms with Crippen LogP contribution in [0.4, 0.5) is 10.5 Å². The molecule has 3 rings (SSSR count). The van der Waals surface area contributed by atoms with Gasteiger partial charge in [-0.3, -0.25) is 4.79 Å². The predicted molar refractivity (Wildman–Crippen MR) is 117 cm³/mol. The number of carbonyl (C=O) groups excluding carboxylic acids is 2. The van der Waals surface area contributed by atoms with Gasteiger partial charge in [0.2, 0.25) is 5.91 Å². The first-order valence-electron chi connectivity index (χ1n) is 10.5. The Bertz CT molecular complexity index is 822. The smallest absolute Gasteiger partial charge is 0.321 e. The first kappa shape index (κ1) is 20.9. The SMILES string of the molecule is Cc1cccc(NC(=O)N2CCC[C@H](CCC(=O)N[C@H](C)c3ccccc3)C2)c1. The first-order chi connectivity index (χ1) is 14.0. The van der Waals surface area contributed by atoms with E-state index >= 15 is 0 Å². The minimum absolute atomic E-state index is 0.00617. The second-order valence-corrected chi connectivity index (χ2v) is 7.99. The number of hydrogen-bond donors (Lipinski definition) is 2. The van der Waals surface area contributed by atoms with Gasteiger partial charge in [-0.25, -0.2) is 4.79 Å². The number of piperidine rings is 1. The highest BCUT2D eigenvalue weighted by atomic mass is 16.2. The summed E-state index contributed by atoms with van der Waals surface area (Å²) >= 11 is 0. The van der Waals surface area contributed by atoms with Gasteiger partial charge in [0.15, 0.2) is 0 Å². The molecular weight excluding hydrogens is 362 g/mol. The Balaban J connectivity index is 1.44. The molecule has 1 saturated heterocycles. The molecule has 2 aromatic carbocycles. The minimum atomic E-state index is -0.0533. The lowest BCUT2D eigenvalue weighted by Crippen LogP contribution is -2.42. The van der Waals surface area contributed by atoms with Crippen molar-refractivity contribution >= 4 is 17.6 Å². The molecule has 0 aromatic heterocycles. The van der Waals surface area contributed by atoms with Crippen LogP contribution in [-0.2, 0) is 4.79 Å². The molecule has 0 aliphatic carbocycles. The Kier molecular flexibility index (Phi) is 7.28. The fourth-order valence-electron chi connectivity index (χ4n) is 3.88. The van der Waals surface area contributed by atoms with E-state index in [1.54, 1.807) is 0 Å². The molecule has 0 radical (unpaired) electrons. The largest absolute Gasteiger partial charge is 0.350 e. The van der Waals surface area contributed by atoms with E-state index in [1.165, 1.54) is 0 Å². The highest BCUT2D eigenvalue weighted by Crippen LogP contribution is 2.22. The molecular formula is C24H31N3O2. The van der Waals surface area contributed by atoms with Crippen molar-refractivity contribution in [2.24, 2.45) is 5.92 Å². The van der Waals surface area contributed by atoms with Crippen LogP contribution < -0.4 is 10.6 Å². The van der Waals surface area contributed by atoms with Gasteiger partial charge in [0.1, 0.15) is 0 Å². The number of amides is 3. The fourth-order valence-corrected chi connectivity index (χ4v) is 3.88. The summed E-state index contributed by atoms with van der Waals surface area (Å²) in [4.78, 5) is 26.8. The van der Waals surface area contributed by atoms with Crippen molar-refractivity contribution in [2.45, 2.75) is 45.6 Å². The predicted octanol–water partition coefficient (Wildman–Crippen LogP) is 4.90. The summed E-state index contributed by atoms with van der Waals surface area (Å²) in [6.45, 7) is 5.49. The zero-order valence-corrected chi connectivity index (χ0v) is 17.4. The van der Waals surface area contributed by atoms with Gasteiger partial charge in [0.25, 0.3) is 0 Å². The summed E-state index contributed by atoms with van der Waals surface area (Å²) in [6.07, 6.45) is 3.35. The highest BCUT2D eigenvalue weighted by molar-refractivity contribution is 5.89. The number of rotatable bonds is 6. The van der Waals surface area contributed by atoms with Crippen LogP contribution in [0.2, 0.25) is 0 Å². The minimum Gasteiger partial charge on any atom is -0.350 e. The third kappa shape index (κ3) is 6.34. The molecule has 5 nitrogen and oxygen atoms in total. The summed E-state index contributed by atoms with van der Waals surface area (Å²) < 4.78 is 0. The van der Waals surface area contributed by atoms with Crippen LogP contribution in [0, 0.1) is 12.8 Å². The van der Waals surface area contributed by atoms with Gasteiger partial charge in [-0.05, 0) is 62.3 Å². The van der Waals surface area contributed by atoms with Gasteiger partial charge in [-0.15, -0.1) is 0 Å². The molecule has 1 aliphatic rings. The molecule has 0 saturated carbocycles. The van der Waals surface area contributed by atoms with Gasteiger partial charge in [0, 0.05) is 25.2 Å². The standard InChI is InChI=1S/C24H31N3O2/c1-18-8-6-12-22(16-18)26-24(29)27-15-7-9-20(17-27)13-14-23(28)25-19(2)21-10-4-3-5-11-21/h3-6,8,10-12,16,19-20H,7,9,13-15,17H2,1-2H3,(H,25,28)(H,26,29)/t19-,20-/m1/s1. The molecule has 154 valence electrons. The topological polar surface area (TPSA) is 61.4 Å². The molecule has 1 heterocycles. The van der Waals surface area contributed by atoms with Crippen LogP contribution in [0.5, 0.6) is 0 Å². The van der Waals surface area contributed by atoms with Crippen molar-refractivity contribution in [3.8, 4) is 0 Å². The Morgan fingerprint density at radius 2 is 1.93 bits per heavy atom. The molecule has 29 heavy (non-hydrogen) atoms. The van der Waals surface area contributed by atoms with E-state index in [-0.39, 0.29) is 18.0 Å². The number of urea groups is 1. The Morgan fingerprint density at radius 1 is 1.14 bits per heavy atom. The van der Waals surface area contributed by atoms with Crippen molar-refractivity contribution in [1.82, 2.24) is 10.2 Å². The van der Waals surface area contributed by atoms with Crippen LogP contribution in [0.25, 0.3) is 0 Å². The van der Waals surface area contributed by atoms with Gasteiger partial charge in [-0.2, -0.15) is 0 Å². The van der Waals surface area contributed by atoms with Gasteiger partial charge in [-0.1, -0.05) is 42.5 Å². The van der Waals surface area contributed by atoms with Crippen molar-refractivity contribution < 1.29 is 9.59 Å². The summed E-state index contributed by atoms with van der Waals surface area (Å²) in [6, 6.07) is 17.8. The number of nitrogens with one attached hydrogen (secondary N) is 2. The average Bonchev–Trinajstić information content (AvgIpc) is 2.73. The zero-order chi connectivity index (χ0) is 20.6. The number of anilines is 1. The molecule has 2 aromatic rings. The third-order valence-electron chi connectivity index (χ3n) is 5.53. The Morgan fingerprint density at radius 3 is 2.69 bits per heavy atom. The van der Waals surface area contributed by atoms with Crippen molar-refractivity contribution in [1.29, 1.82) is 0 Å². The number of carbonyl (C=O) groups is 2. The van der Waals surface area contributed by atoms with E-state index in [9.17, 15) is 9.59 Å². The highest BCUT2D eigenvalue weighted by Gasteiger charge is 2.24. The first-order valence-corrected chi connectivity index (χ1v) is 10.5. The molecule has 1 aliphatic heterocycles. The zero-order valence-electron chi connectivity index (χ0n) is 17.4. The van der Waals surface area contributed by atoms with E-state index in [1.807, 2.05) is 73.3 Å². The molecule has 0 bridgehead atoms. The molecule has 3 amide bonds. The third-order valence-corrected chi connectivity index (χ3v) is 5.53. The number of benzene rings is 2. The normalized spacial score (nSPS) is 17.4. The maximum Gasteiger partial charge on any atom is 0.321 e. The lowest BCUT2D eigenvalue weighted by atomic mass is 9.93. The molecule has 1 fully saturated rings. The second-order valence-electron chi connectivity index (χ2n) is 7.99.